The maximum absolute atomic E-state index is 11.7. The number of nitrogens with one attached hydrogen (secondary N) is 1. The summed E-state index contributed by atoms with van der Waals surface area (Å²) in [5.41, 5.74) is 0.636. The third-order valence-electron chi connectivity index (χ3n) is 2.12. The van der Waals surface area contributed by atoms with E-state index in [4.69, 9.17) is 11.6 Å². The normalized spacial score (nSPS) is 10.2. The minimum atomic E-state index is -0.0586. The molecule has 0 spiro atoms. The number of hydrogen-bond acceptors (Lipinski definition) is 2. The fourth-order valence-electron chi connectivity index (χ4n) is 1.36. The first-order valence-electron chi connectivity index (χ1n) is 4.92. The van der Waals surface area contributed by atoms with Crippen molar-refractivity contribution in [1.29, 1.82) is 0 Å². The van der Waals surface area contributed by atoms with Crippen molar-refractivity contribution >= 4 is 50.5 Å². The average molecular weight is 331 g/mol. The predicted octanol–water partition coefficient (Wildman–Crippen LogP) is 4.35. The zero-order valence-electron chi connectivity index (χ0n) is 8.74. The second kappa shape index (κ2) is 5.67. The fraction of sp³-hybridized carbons (Fsp3) is 0.0833. The minimum absolute atomic E-state index is 0.0586. The quantitative estimate of drug-likeness (QED) is 0.891. The lowest BCUT2D eigenvalue weighted by atomic mass is 10.3. The Labute approximate surface area is 117 Å². The molecule has 5 heteroatoms. The van der Waals surface area contributed by atoms with Crippen molar-refractivity contribution in [3.63, 3.8) is 0 Å². The molecule has 0 aliphatic carbocycles. The Morgan fingerprint density at radius 1 is 1.41 bits per heavy atom. The standard InChI is InChI=1S/C12H9BrClNOS/c13-8-3-4-11(10(14)6-8)15-12(16)7-9-2-1-5-17-9/h1-6H,7H2,(H,15,16). The fourth-order valence-corrected chi connectivity index (χ4v) is 2.78. The summed E-state index contributed by atoms with van der Waals surface area (Å²) < 4.78 is 0.888. The zero-order chi connectivity index (χ0) is 12.3. The molecule has 0 bridgehead atoms. The van der Waals surface area contributed by atoms with Gasteiger partial charge in [0, 0.05) is 9.35 Å². The number of thiophene rings is 1. The third-order valence-corrected chi connectivity index (χ3v) is 3.80. The van der Waals surface area contributed by atoms with Gasteiger partial charge in [0.05, 0.1) is 17.1 Å². The van der Waals surface area contributed by atoms with Crippen LogP contribution in [0, 0.1) is 0 Å². The summed E-state index contributed by atoms with van der Waals surface area (Å²) >= 11 is 10.9. The van der Waals surface area contributed by atoms with E-state index in [9.17, 15) is 4.79 Å². The highest BCUT2D eigenvalue weighted by Gasteiger charge is 2.07. The lowest BCUT2D eigenvalue weighted by Crippen LogP contribution is -2.13. The second-order valence-corrected chi connectivity index (χ2v) is 5.78. The summed E-state index contributed by atoms with van der Waals surface area (Å²) in [4.78, 5) is 12.8. The first-order chi connectivity index (χ1) is 8.15. The smallest absolute Gasteiger partial charge is 0.229 e. The van der Waals surface area contributed by atoms with Gasteiger partial charge in [0.2, 0.25) is 5.91 Å². The monoisotopic (exact) mass is 329 g/mol. The summed E-state index contributed by atoms with van der Waals surface area (Å²) in [5, 5.41) is 5.27. The van der Waals surface area contributed by atoms with Crippen molar-refractivity contribution in [1.82, 2.24) is 0 Å². The van der Waals surface area contributed by atoms with Crippen LogP contribution in [-0.2, 0) is 11.2 Å². The van der Waals surface area contributed by atoms with E-state index in [0.717, 1.165) is 9.35 Å². The second-order valence-electron chi connectivity index (χ2n) is 3.43. The van der Waals surface area contributed by atoms with Crippen LogP contribution in [0.4, 0.5) is 5.69 Å². The van der Waals surface area contributed by atoms with Crippen LogP contribution in [0.5, 0.6) is 0 Å². The average Bonchev–Trinajstić information content (AvgIpc) is 2.75. The van der Waals surface area contributed by atoms with Crippen molar-refractivity contribution in [3.8, 4) is 0 Å². The molecule has 17 heavy (non-hydrogen) atoms. The number of halogens is 2. The SMILES string of the molecule is O=C(Cc1cccs1)Nc1ccc(Br)cc1Cl. The number of rotatable bonds is 3. The van der Waals surface area contributed by atoms with Crippen LogP contribution in [0.2, 0.25) is 5.02 Å². The molecule has 0 saturated carbocycles. The van der Waals surface area contributed by atoms with Gasteiger partial charge in [-0.2, -0.15) is 0 Å². The van der Waals surface area contributed by atoms with Gasteiger partial charge in [-0.25, -0.2) is 0 Å². The largest absolute Gasteiger partial charge is 0.324 e. The first-order valence-corrected chi connectivity index (χ1v) is 6.97. The topological polar surface area (TPSA) is 29.1 Å². The van der Waals surface area contributed by atoms with Crippen LogP contribution >= 0.6 is 38.9 Å². The maximum Gasteiger partial charge on any atom is 0.229 e. The number of hydrogen-bond donors (Lipinski definition) is 1. The van der Waals surface area contributed by atoms with Gasteiger partial charge in [0.1, 0.15) is 0 Å². The molecule has 2 rings (SSSR count). The molecule has 88 valence electrons. The van der Waals surface area contributed by atoms with Crippen LogP contribution in [0.1, 0.15) is 4.88 Å². The van der Waals surface area contributed by atoms with E-state index in [1.165, 1.54) is 0 Å². The molecule has 0 aliphatic rings. The number of carbonyl (C=O) groups excluding carboxylic acids is 1. The summed E-state index contributed by atoms with van der Waals surface area (Å²) in [6.45, 7) is 0. The van der Waals surface area contributed by atoms with Crippen LogP contribution in [0.25, 0.3) is 0 Å². The number of amides is 1. The molecule has 0 fully saturated rings. The summed E-state index contributed by atoms with van der Waals surface area (Å²) in [5.74, 6) is -0.0586. The van der Waals surface area contributed by atoms with Gasteiger partial charge in [-0.05, 0) is 29.6 Å². The predicted molar refractivity (Wildman–Crippen MR) is 75.8 cm³/mol. The van der Waals surface area contributed by atoms with Crippen LogP contribution in [0.15, 0.2) is 40.2 Å². The molecule has 1 aromatic heterocycles. The van der Waals surface area contributed by atoms with Gasteiger partial charge in [0.15, 0.2) is 0 Å². The van der Waals surface area contributed by atoms with Gasteiger partial charge in [-0.3, -0.25) is 4.79 Å². The Morgan fingerprint density at radius 2 is 2.24 bits per heavy atom. The van der Waals surface area contributed by atoms with Crippen molar-refractivity contribution in [2.75, 3.05) is 5.32 Å². The Balaban J connectivity index is 2.03. The Bertz CT molecular complexity index is 527. The Morgan fingerprint density at radius 3 is 2.88 bits per heavy atom. The number of benzene rings is 1. The molecule has 1 aromatic carbocycles. The highest BCUT2D eigenvalue weighted by atomic mass is 79.9. The van der Waals surface area contributed by atoms with Crippen LogP contribution in [0.3, 0.4) is 0 Å². The third kappa shape index (κ3) is 3.56. The van der Waals surface area contributed by atoms with E-state index in [1.54, 1.807) is 23.5 Å². The molecule has 2 nitrogen and oxygen atoms in total. The molecule has 1 heterocycles. The summed E-state index contributed by atoms with van der Waals surface area (Å²) in [6.07, 6.45) is 0.379. The molecule has 0 unspecified atom stereocenters. The summed E-state index contributed by atoms with van der Waals surface area (Å²) in [7, 11) is 0. The molecule has 1 amide bonds. The molecule has 2 aromatic rings. The zero-order valence-corrected chi connectivity index (χ0v) is 11.9. The molecular weight excluding hydrogens is 322 g/mol. The van der Waals surface area contributed by atoms with Crippen molar-refractivity contribution < 1.29 is 4.79 Å². The van der Waals surface area contributed by atoms with Crippen molar-refractivity contribution in [3.05, 3.63) is 50.1 Å². The summed E-state index contributed by atoms with van der Waals surface area (Å²) in [6, 6.07) is 9.24. The van der Waals surface area contributed by atoms with Gasteiger partial charge in [-0.15, -0.1) is 11.3 Å². The Hall–Kier alpha value is -0.840. The molecule has 0 radical (unpaired) electrons. The highest BCUT2D eigenvalue weighted by molar-refractivity contribution is 9.10. The Kier molecular flexibility index (Phi) is 4.20. The minimum Gasteiger partial charge on any atom is -0.324 e. The van der Waals surface area contributed by atoms with Gasteiger partial charge in [0.25, 0.3) is 0 Å². The molecular formula is C12H9BrClNOS. The molecule has 0 saturated heterocycles. The van der Waals surface area contributed by atoms with E-state index in [0.29, 0.717) is 17.1 Å². The van der Waals surface area contributed by atoms with Gasteiger partial charge >= 0.3 is 0 Å². The van der Waals surface area contributed by atoms with E-state index in [1.807, 2.05) is 23.6 Å². The van der Waals surface area contributed by atoms with Crippen LogP contribution < -0.4 is 5.32 Å². The first kappa shape index (κ1) is 12.6. The molecule has 0 aliphatic heterocycles. The van der Waals surface area contributed by atoms with E-state index < -0.39 is 0 Å². The van der Waals surface area contributed by atoms with Crippen molar-refractivity contribution in [2.24, 2.45) is 0 Å². The molecule has 1 N–H and O–H groups in total. The number of anilines is 1. The van der Waals surface area contributed by atoms with Crippen LogP contribution in [-0.4, -0.2) is 5.91 Å². The maximum atomic E-state index is 11.7. The lowest BCUT2D eigenvalue weighted by Gasteiger charge is -2.06. The number of carbonyl (C=O) groups is 1. The highest BCUT2D eigenvalue weighted by Crippen LogP contribution is 2.25. The molecule has 0 atom stereocenters. The van der Waals surface area contributed by atoms with Gasteiger partial charge < -0.3 is 5.32 Å². The van der Waals surface area contributed by atoms with Gasteiger partial charge in [-0.1, -0.05) is 33.6 Å². The van der Waals surface area contributed by atoms with E-state index in [-0.39, 0.29) is 5.91 Å². The van der Waals surface area contributed by atoms with Crippen molar-refractivity contribution in [2.45, 2.75) is 6.42 Å². The van der Waals surface area contributed by atoms with E-state index in [2.05, 4.69) is 21.2 Å². The lowest BCUT2D eigenvalue weighted by molar-refractivity contribution is -0.115. The van der Waals surface area contributed by atoms with E-state index >= 15 is 0 Å².